The van der Waals surface area contributed by atoms with E-state index in [2.05, 4.69) is 43.0 Å². The third-order valence-corrected chi connectivity index (χ3v) is 4.01. The van der Waals surface area contributed by atoms with E-state index in [0.717, 1.165) is 35.5 Å². The summed E-state index contributed by atoms with van der Waals surface area (Å²) in [6.45, 7) is 7.49. The maximum atomic E-state index is 4.77. The van der Waals surface area contributed by atoms with E-state index in [0.29, 0.717) is 5.92 Å². The molecule has 0 atom stereocenters. The van der Waals surface area contributed by atoms with Crippen LogP contribution in [0.3, 0.4) is 0 Å². The summed E-state index contributed by atoms with van der Waals surface area (Å²) in [5.74, 6) is 4.15. The Hall–Kier alpha value is -1.32. The van der Waals surface area contributed by atoms with Crippen molar-refractivity contribution in [3.05, 3.63) is 11.4 Å². The van der Waals surface area contributed by atoms with Crippen molar-refractivity contribution in [3.8, 4) is 0 Å². The highest BCUT2D eigenvalue weighted by Crippen LogP contribution is 2.30. The summed E-state index contributed by atoms with van der Waals surface area (Å²) < 4.78 is 0. The van der Waals surface area contributed by atoms with Gasteiger partial charge in [0.1, 0.15) is 17.5 Å². The molecular weight excluding hydrogens is 236 g/mol. The van der Waals surface area contributed by atoms with Crippen LogP contribution >= 0.6 is 0 Å². The van der Waals surface area contributed by atoms with Crippen LogP contribution in [0.2, 0.25) is 0 Å². The van der Waals surface area contributed by atoms with Gasteiger partial charge in [0.15, 0.2) is 0 Å². The molecule has 1 saturated carbocycles. The number of rotatable bonds is 5. The predicted octanol–water partition coefficient (Wildman–Crippen LogP) is 3.19. The molecule has 0 amide bonds. The van der Waals surface area contributed by atoms with Crippen LogP contribution in [-0.2, 0) is 0 Å². The van der Waals surface area contributed by atoms with Crippen molar-refractivity contribution in [2.24, 2.45) is 5.92 Å². The zero-order chi connectivity index (χ0) is 14.0. The van der Waals surface area contributed by atoms with E-state index in [1.165, 1.54) is 19.3 Å². The van der Waals surface area contributed by atoms with Crippen LogP contribution in [0.1, 0.15) is 50.4 Å². The standard InChI is InChI=1S/C15H26N4/c1-10(2)13-17-14(16-4)11(3)15(18-13)19(5)9-12-7-6-8-12/h10,12H,6-9H2,1-5H3,(H,16,17,18). The van der Waals surface area contributed by atoms with Crippen LogP contribution in [0, 0.1) is 12.8 Å². The first-order chi connectivity index (χ1) is 9.02. The van der Waals surface area contributed by atoms with Crippen molar-refractivity contribution in [2.45, 2.75) is 46.0 Å². The van der Waals surface area contributed by atoms with E-state index in [1.54, 1.807) is 0 Å². The Morgan fingerprint density at radius 2 is 2.00 bits per heavy atom. The van der Waals surface area contributed by atoms with Crippen LogP contribution in [0.4, 0.5) is 11.6 Å². The summed E-state index contributed by atoms with van der Waals surface area (Å²) in [6, 6.07) is 0. The van der Waals surface area contributed by atoms with E-state index in [4.69, 9.17) is 4.98 Å². The molecule has 1 fully saturated rings. The van der Waals surface area contributed by atoms with Crippen molar-refractivity contribution in [1.82, 2.24) is 9.97 Å². The second kappa shape index (κ2) is 5.76. The minimum Gasteiger partial charge on any atom is -0.373 e. The Morgan fingerprint density at radius 3 is 2.47 bits per heavy atom. The van der Waals surface area contributed by atoms with Crippen LogP contribution in [0.15, 0.2) is 0 Å². The molecule has 0 radical (unpaired) electrons. The van der Waals surface area contributed by atoms with Crippen molar-refractivity contribution in [2.75, 3.05) is 30.9 Å². The molecular formula is C15H26N4. The van der Waals surface area contributed by atoms with E-state index in [9.17, 15) is 0 Å². The summed E-state index contributed by atoms with van der Waals surface area (Å²) in [5, 5.41) is 3.19. The molecule has 0 aliphatic heterocycles. The van der Waals surface area contributed by atoms with E-state index < -0.39 is 0 Å². The van der Waals surface area contributed by atoms with Gasteiger partial charge in [-0.1, -0.05) is 20.3 Å². The van der Waals surface area contributed by atoms with Gasteiger partial charge in [0.25, 0.3) is 0 Å². The van der Waals surface area contributed by atoms with Crippen LogP contribution in [-0.4, -0.2) is 30.6 Å². The zero-order valence-corrected chi connectivity index (χ0v) is 12.8. The van der Waals surface area contributed by atoms with Crippen LogP contribution in [0.25, 0.3) is 0 Å². The Kier molecular flexibility index (Phi) is 4.27. The molecule has 0 saturated heterocycles. The van der Waals surface area contributed by atoms with Gasteiger partial charge in [-0.25, -0.2) is 9.97 Å². The number of nitrogens with zero attached hydrogens (tertiary/aromatic N) is 3. The molecule has 1 aromatic heterocycles. The smallest absolute Gasteiger partial charge is 0.137 e. The topological polar surface area (TPSA) is 41.1 Å². The third kappa shape index (κ3) is 2.99. The van der Waals surface area contributed by atoms with Gasteiger partial charge in [-0.15, -0.1) is 0 Å². The Bertz CT molecular complexity index is 438. The lowest BCUT2D eigenvalue weighted by Gasteiger charge is -2.31. The van der Waals surface area contributed by atoms with Gasteiger partial charge in [-0.05, 0) is 25.7 Å². The highest BCUT2D eigenvalue weighted by molar-refractivity contribution is 5.58. The average molecular weight is 262 g/mol. The van der Waals surface area contributed by atoms with Crippen LogP contribution in [0.5, 0.6) is 0 Å². The lowest BCUT2D eigenvalue weighted by atomic mass is 9.85. The molecule has 0 aromatic carbocycles. The maximum absolute atomic E-state index is 4.77. The van der Waals surface area contributed by atoms with Crippen molar-refractivity contribution < 1.29 is 0 Å². The van der Waals surface area contributed by atoms with E-state index in [1.807, 2.05) is 7.05 Å². The molecule has 1 aromatic rings. The number of hydrogen-bond donors (Lipinski definition) is 1. The highest BCUT2D eigenvalue weighted by atomic mass is 15.2. The first-order valence-corrected chi connectivity index (χ1v) is 7.30. The molecule has 0 bridgehead atoms. The first-order valence-electron chi connectivity index (χ1n) is 7.30. The van der Waals surface area contributed by atoms with E-state index in [-0.39, 0.29) is 0 Å². The van der Waals surface area contributed by atoms with Gasteiger partial charge < -0.3 is 10.2 Å². The summed E-state index contributed by atoms with van der Waals surface area (Å²) >= 11 is 0. The number of hydrogen-bond acceptors (Lipinski definition) is 4. The largest absolute Gasteiger partial charge is 0.373 e. The molecule has 4 nitrogen and oxygen atoms in total. The fraction of sp³-hybridized carbons (Fsp3) is 0.733. The third-order valence-electron chi connectivity index (χ3n) is 4.01. The monoisotopic (exact) mass is 262 g/mol. The van der Waals surface area contributed by atoms with Gasteiger partial charge >= 0.3 is 0 Å². The summed E-state index contributed by atoms with van der Waals surface area (Å²) in [7, 11) is 4.08. The Labute approximate surface area is 116 Å². The molecule has 1 heterocycles. The fourth-order valence-corrected chi connectivity index (χ4v) is 2.54. The lowest BCUT2D eigenvalue weighted by molar-refractivity contribution is 0.321. The molecule has 1 N–H and O–H groups in total. The number of aromatic nitrogens is 2. The lowest BCUT2D eigenvalue weighted by Crippen LogP contribution is -2.31. The number of anilines is 2. The first kappa shape index (κ1) is 14.1. The summed E-state index contributed by atoms with van der Waals surface area (Å²) in [6.07, 6.45) is 4.12. The summed E-state index contributed by atoms with van der Waals surface area (Å²) in [4.78, 5) is 11.7. The molecule has 4 heteroatoms. The average Bonchev–Trinajstić information content (AvgIpc) is 2.33. The van der Waals surface area contributed by atoms with Crippen molar-refractivity contribution in [3.63, 3.8) is 0 Å². The number of nitrogens with one attached hydrogen (secondary N) is 1. The highest BCUT2D eigenvalue weighted by Gasteiger charge is 2.22. The quantitative estimate of drug-likeness (QED) is 0.885. The normalized spacial score (nSPS) is 15.5. The van der Waals surface area contributed by atoms with Crippen molar-refractivity contribution in [1.29, 1.82) is 0 Å². The zero-order valence-electron chi connectivity index (χ0n) is 12.8. The molecule has 0 unspecified atom stereocenters. The minimum atomic E-state index is 0.351. The molecule has 1 aliphatic carbocycles. The minimum absolute atomic E-state index is 0.351. The second-order valence-corrected chi connectivity index (χ2v) is 5.96. The van der Waals surface area contributed by atoms with Gasteiger partial charge in [0.05, 0.1) is 0 Å². The van der Waals surface area contributed by atoms with Crippen molar-refractivity contribution >= 4 is 11.6 Å². The molecule has 0 spiro atoms. The summed E-state index contributed by atoms with van der Waals surface area (Å²) in [5.41, 5.74) is 1.15. The van der Waals surface area contributed by atoms with Gasteiger partial charge in [0.2, 0.25) is 0 Å². The molecule has 1 aliphatic rings. The predicted molar refractivity (Wildman–Crippen MR) is 81.0 cm³/mol. The van der Waals surface area contributed by atoms with Gasteiger partial charge in [0, 0.05) is 32.1 Å². The van der Waals surface area contributed by atoms with E-state index >= 15 is 0 Å². The SMILES string of the molecule is CNc1nc(C(C)C)nc(N(C)CC2CCC2)c1C. The molecule has 106 valence electrons. The molecule has 19 heavy (non-hydrogen) atoms. The van der Waals surface area contributed by atoms with Crippen LogP contribution < -0.4 is 10.2 Å². The maximum Gasteiger partial charge on any atom is 0.137 e. The Balaban J connectivity index is 2.28. The van der Waals surface area contributed by atoms with Gasteiger partial charge in [-0.3, -0.25) is 0 Å². The van der Waals surface area contributed by atoms with Gasteiger partial charge in [-0.2, -0.15) is 0 Å². The Morgan fingerprint density at radius 1 is 1.32 bits per heavy atom. The molecule has 2 rings (SSSR count). The second-order valence-electron chi connectivity index (χ2n) is 5.96. The fourth-order valence-electron chi connectivity index (χ4n) is 2.54.